The first-order valence-corrected chi connectivity index (χ1v) is 6.26. The van der Waals surface area contributed by atoms with E-state index in [0.717, 1.165) is 5.56 Å². The molecule has 0 saturated carbocycles. The van der Waals surface area contributed by atoms with Crippen molar-refractivity contribution in [3.8, 4) is 5.75 Å². The maximum atomic E-state index is 11.3. The molecule has 21 heavy (non-hydrogen) atoms. The average Bonchev–Trinajstić information content (AvgIpc) is 2.47. The van der Waals surface area contributed by atoms with Crippen LogP contribution in [0.1, 0.15) is 12.5 Å². The molecule has 0 unspecified atom stereocenters. The van der Waals surface area contributed by atoms with Gasteiger partial charge in [0.1, 0.15) is 11.5 Å². The zero-order valence-electron chi connectivity index (χ0n) is 11.4. The molecule has 0 heterocycles. The minimum Gasteiger partial charge on any atom is -0.457 e. The summed E-state index contributed by atoms with van der Waals surface area (Å²) < 4.78 is 5.66. The molecular weight excluding hydrogens is 270 g/mol. The summed E-state index contributed by atoms with van der Waals surface area (Å²) in [5.74, 6) is 0.685. The standard InChI is InChI=1S/C16H13NO4/c1-12(18)11-16(13-5-3-2-4-6-13)21-15-9-7-14(8-10-15)17(19)20/h2-11H,1H3/b16-11+. The van der Waals surface area contributed by atoms with Crippen molar-refractivity contribution >= 4 is 17.2 Å². The lowest BCUT2D eigenvalue weighted by Crippen LogP contribution is -1.98. The number of allylic oxidation sites excluding steroid dienone is 1. The predicted octanol–water partition coefficient (Wildman–Crippen LogP) is 3.60. The fraction of sp³-hybridized carbons (Fsp3) is 0.0625. The zero-order chi connectivity index (χ0) is 15.2. The van der Waals surface area contributed by atoms with Crippen molar-refractivity contribution < 1.29 is 14.5 Å². The molecule has 5 nitrogen and oxygen atoms in total. The topological polar surface area (TPSA) is 69.4 Å². The molecule has 0 bridgehead atoms. The van der Waals surface area contributed by atoms with Crippen LogP contribution < -0.4 is 4.74 Å². The van der Waals surface area contributed by atoms with Gasteiger partial charge < -0.3 is 4.74 Å². The van der Waals surface area contributed by atoms with Crippen LogP contribution in [-0.4, -0.2) is 10.7 Å². The van der Waals surface area contributed by atoms with Crippen LogP contribution in [0, 0.1) is 10.1 Å². The van der Waals surface area contributed by atoms with Gasteiger partial charge in [-0.3, -0.25) is 14.9 Å². The first kappa shape index (κ1) is 14.5. The molecule has 0 saturated heterocycles. The molecule has 0 atom stereocenters. The van der Waals surface area contributed by atoms with Gasteiger partial charge in [-0.1, -0.05) is 30.3 Å². The summed E-state index contributed by atoms with van der Waals surface area (Å²) in [5.41, 5.74) is 0.741. The number of ketones is 1. The van der Waals surface area contributed by atoms with Crippen LogP contribution in [0.2, 0.25) is 0 Å². The first-order chi connectivity index (χ1) is 10.1. The Morgan fingerprint density at radius 1 is 1.10 bits per heavy atom. The number of benzene rings is 2. The molecule has 2 aromatic carbocycles. The fourth-order valence-electron chi connectivity index (χ4n) is 1.72. The molecule has 5 heteroatoms. The molecule has 0 aromatic heterocycles. The van der Waals surface area contributed by atoms with E-state index >= 15 is 0 Å². The van der Waals surface area contributed by atoms with Crippen LogP contribution in [0.5, 0.6) is 5.75 Å². The number of nitro benzene ring substituents is 1. The molecule has 2 aromatic rings. The second kappa shape index (κ2) is 6.47. The Labute approximate surface area is 121 Å². The minimum absolute atomic E-state index is 0.0147. The van der Waals surface area contributed by atoms with Crippen LogP contribution in [-0.2, 0) is 4.79 Å². The quantitative estimate of drug-likeness (QED) is 0.364. The number of non-ortho nitro benzene ring substituents is 1. The Hall–Kier alpha value is -2.95. The lowest BCUT2D eigenvalue weighted by molar-refractivity contribution is -0.384. The predicted molar refractivity (Wildman–Crippen MR) is 78.8 cm³/mol. The van der Waals surface area contributed by atoms with Crippen LogP contribution >= 0.6 is 0 Å². The Morgan fingerprint density at radius 3 is 2.24 bits per heavy atom. The highest BCUT2D eigenvalue weighted by atomic mass is 16.6. The summed E-state index contributed by atoms with van der Waals surface area (Å²) in [6.45, 7) is 1.43. The van der Waals surface area contributed by atoms with Crippen LogP contribution in [0.4, 0.5) is 5.69 Å². The van der Waals surface area contributed by atoms with Gasteiger partial charge in [-0.15, -0.1) is 0 Å². The molecule has 0 amide bonds. The van der Waals surface area contributed by atoms with Crippen molar-refractivity contribution in [1.29, 1.82) is 0 Å². The number of nitrogens with zero attached hydrogens (tertiary/aromatic N) is 1. The second-order valence-corrected chi connectivity index (χ2v) is 4.34. The molecule has 2 rings (SSSR count). The van der Waals surface area contributed by atoms with E-state index in [1.807, 2.05) is 30.3 Å². The van der Waals surface area contributed by atoms with Crippen molar-refractivity contribution in [2.24, 2.45) is 0 Å². The third kappa shape index (κ3) is 4.01. The van der Waals surface area contributed by atoms with Gasteiger partial charge in [-0.25, -0.2) is 0 Å². The number of hydrogen-bond donors (Lipinski definition) is 0. The third-order valence-corrected chi connectivity index (χ3v) is 2.67. The SMILES string of the molecule is CC(=O)/C=C(/Oc1ccc([N+](=O)[O-])cc1)c1ccccc1. The highest BCUT2D eigenvalue weighted by Crippen LogP contribution is 2.23. The Morgan fingerprint density at radius 2 is 1.71 bits per heavy atom. The van der Waals surface area contributed by atoms with E-state index < -0.39 is 4.92 Å². The summed E-state index contributed by atoms with van der Waals surface area (Å²) in [4.78, 5) is 21.4. The van der Waals surface area contributed by atoms with Crippen molar-refractivity contribution in [1.82, 2.24) is 0 Å². The first-order valence-electron chi connectivity index (χ1n) is 6.26. The molecule has 0 N–H and O–H groups in total. The largest absolute Gasteiger partial charge is 0.457 e. The molecule has 0 aliphatic heterocycles. The number of ether oxygens (including phenoxy) is 1. The van der Waals surface area contributed by atoms with Crippen LogP contribution in [0.15, 0.2) is 60.7 Å². The van der Waals surface area contributed by atoms with Crippen LogP contribution in [0.3, 0.4) is 0 Å². The normalized spacial score (nSPS) is 11.0. The molecule has 0 fully saturated rings. The van der Waals surface area contributed by atoms with Gasteiger partial charge in [0.05, 0.1) is 4.92 Å². The molecular formula is C16H13NO4. The van der Waals surface area contributed by atoms with Gasteiger partial charge >= 0.3 is 0 Å². The zero-order valence-corrected chi connectivity index (χ0v) is 11.4. The van der Waals surface area contributed by atoms with E-state index in [9.17, 15) is 14.9 Å². The summed E-state index contributed by atoms with van der Waals surface area (Å²) in [6.07, 6.45) is 1.39. The van der Waals surface area contributed by atoms with E-state index in [-0.39, 0.29) is 11.5 Å². The monoisotopic (exact) mass is 283 g/mol. The number of hydrogen-bond acceptors (Lipinski definition) is 4. The maximum absolute atomic E-state index is 11.3. The smallest absolute Gasteiger partial charge is 0.269 e. The van der Waals surface area contributed by atoms with Gasteiger partial charge in [0.15, 0.2) is 5.78 Å². The summed E-state index contributed by atoms with van der Waals surface area (Å²) in [5, 5.41) is 10.6. The van der Waals surface area contributed by atoms with Crippen molar-refractivity contribution in [2.45, 2.75) is 6.92 Å². The Balaban J connectivity index is 2.28. The Bertz CT molecular complexity index is 675. The molecule has 0 radical (unpaired) electrons. The summed E-state index contributed by atoms with van der Waals surface area (Å²) in [7, 11) is 0. The van der Waals surface area contributed by atoms with E-state index in [0.29, 0.717) is 11.5 Å². The van der Waals surface area contributed by atoms with Gasteiger partial charge in [0.2, 0.25) is 0 Å². The van der Waals surface area contributed by atoms with Gasteiger partial charge in [-0.2, -0.15) is 0 Å². The average molecular weight is 283 g/mol. The number of carbonyl (C=O) groups is 1. The second-order valence-electron chi connectivity index (χ2n) is 4.34. The van der Waals surface area contributed by atoms with Gasteiger partial charge in [0.25, 0.3) is 5.69 Å². The van der Waals surface area contributed by atoms with Crippen molar-refractivity contribution in [3.05, 3.63) is 76.4 Å². The van der Waals surface area contributed by atoms with Crippen LogP contribution in [0.25, 0.3) is 5.76 Å². The maximum Gasteiger partial charge on any atom is 0.269 e. The minimum atomic E-state index is -0.479. The number of nitro groups is 1. The highest BCUT2D eigenvalue weighted by molar-refractivity contribution is 5.94. The molecule has 0 aliphatic carbocycles. The van der Waals surface area contributed by atoms with Crippen molar-refractivity contribution in [3.63, 3.8) is 0 Å². The van der Waals surface area contributed by atoms with Gasteiger partial charge in [0, 0.05) is 23.8 Å². The van der Waals surface area contributed by atoms with E-state index in [1.165, 1.54) is 37.3 Å². The van der Waals surface area contributed by atoms with Crippen molar-refractivity contribution in [2.75, 3.05) is 0 Å². The lowest BCUT2D eigenvalue weighted by atomic mass is 10.1. The molecule has 106 valence electrons. The van der Waals surface area contributed by atoms with Gasteiger partial charge in [-0.05, 0) is 19.1 Å². The fourth-order valence-corrected chi connectivity index (χ4v) is 1.72. The Kier molecular flexibility index (Phi) is 4.46. The number of carbonyl (C=O) groups excluding carboxylic acids is 1. The lowest BCUT2D eigenvalue weighted by Gasteiger charge is -2.10. The number of rotatable bonds is 5. The molecule has 0 aliphatic rings. The summed E-state index contributed by atoms with van der Waals surface area (Å²) >= 11 is 0. The summed E-state index contributed by atoms with van der Waals surface area (Å²) in [6, 6.07) is 14.9. The molecule has 0 spiro atoms. The van der Waals surface area contributed by atoms with E-state index in [1.54, 1.807) is 0 Å². The highest BCUT2D eigenvalue weighted by Gasteiger charge is 2.08. The third-order valence-electron chi connectivity index (χ3n) is 2.67. The van der Waals surface area contributed by atoms with E-state index in [4.69, 9.17) is 4.74 Å². The van der Waals surface area contributed by atoms with E-state index in [2.05, 4.69) is 0 Å².